The van der Waals surface area contributed by atoms with Crippen molar-refractivity contribution in [3.8, 4) is 22.6 Å². The number of hydrogen-bond acceptors (Lipinski definition) is 3. The van der Waals surface area contributed by atoms with Gasteiger partial charge in [-0.05, 0) is 65.4 Å². The number of aliphatic imine (C=N–C) groups is 1. The zero-order valence-electron chi connectivity index (χ0n) is 26.5. The standard InChI is InChI=1S/C45H29N3O/c1-46-39-23-11-6-19-32(39)44(29-15-3-2-4-16-29)47-48-40-24-12-7-18-31(40)34-27-33-30-17-5-8-20-35(30)45(38(33)28-41(34)48)36-21-9-13-25-42(36)49-43-26-14-10-22-37(43)45/h2-28H,1H2/b47-44-. The number of nitrogens with zero attached hydrogens (tertiary/aromatic N) is 3. The lowest BCUT2D eigenvalue weighted by Gasteiger charge is -2.39. The minimum atomic E-state index is -0.571. The zero-order chi connectivity index (χ0) is 32.5. The van der Waals surface area contributed by atoms with Crippen LogP contribution in [0.25, 0.3) is 32.9 Å². The molecule has 2 aliphatic rings. The third-order valence-corrected chi connectivity index (χ3v) is 10.2. The van der Waals surface area contributed by atoms with E-state index in [-0.39, 0.29) is 0 Å². The number of benzene rings is 7. The molecule has 49 heavy (non-hydrogen) atoms. The van der Waals surface area contributed by atoms with E-state index in [1.165, 1.54) is 22.3 Å². The van der Waals surface area contributed by atoms with Gasteiger partial charge >= 0.3 is 0 Å². The maximum atomic E-state index is 6.58. The number of ether oxygens (including phenoxy) is 1. The Kier molecular flexibility index (Phi) is 5.91. The van der Waals surface area contributed by atoms with Crippen LogP contribution in [0, 0.1) is 0 Å². The average molecular weight is 628 g/mol. The van der Waals surface area contributed by atoms with Crippen molar-refractivity contribution in [3.05, 3.63) is 197 Å². The van der Waals surface area contributed by atoms with Crippen molar-refractivity contribution in [1.82, 2.24) is 4.68 Å². The molecular weight excluding hydrogens is 599 g/mol. The largest absolute Gasteiger partial charge is 0.457 e. The highest BCUT2D eigenvalue weighted by Gasteiger charge is 2.51. The second kappa shape index (κ2) is 10.5. The molecule has 4 heteroatoms. The molecule has 1 aliphatic carbocycles. The van der Waals surface area contributed by atoms with Gasteiger partial charge in [-0.25, -0.2) is 4.68 Å². The molecule has 0 fully saturated rings. The number of fused-ring (bicyclic) bond motifs is 12. The van der Waals surface area contributed by atoms with Crippen LogP contribution >= 0.6 is 0 Å². The van der Waals surface area contributed by atoms with E-state index < -0.39 is 5.41 Å². The summed E-state index contributed by atoms with van der Waals surface area (Å²) in [5, 5.41) is 7.85. The van der Waals surface area contributed by atoms with E-state index in [2.05, 4.69) is 156 Å². The van der Waals surface area contributed by atoms with Gasteiger partial charge in [-0.1, -0.05) is 127 Å². The molecule has 0 saturated heterocycles. The smallest absolute Gasteiger partial charge is 0.132 e. The van der Waals surface area contributed by atoms with E-state index in [1.54, 1.807) is 0 Å². The number of rotatable bonds is 4. The third kappa shape index (κ3) is 3.80. The first kappa shape index (κ1) is 27.6. The summed E-state index contributed by atoms with van der Waals surface area (Å²) in [4.78, 5) is 4.39. The van der Waals surface area contributed by atoms with Crippen molar-refractivity contribution in [2.45, 2.75) is 5.41 Å². The van der Waals surface area contributed by atoms with Gasteiger partial charge in [0.15, 0.2) is 0 Å². The molecule has 0 bridgehead atoms. The fraction of sp³-hybridized carbons (Fsp3) is 0.0222. The maximum absolute atomic E-state index is 6.58. The molecule has 230 valence electrons. The molecule has 1 spiro atoms. The Morgan fingerprint density at radius 3 is 1.94 bits per heavy atom. The first-order chi connectivity index (χ1) is 24.3. The van der Waals surface area contributed by atoms with Crippen LogP contribution in [0.1, 0.15) is 33.4 Å². The molecule has 0 radical (unpaired) electrons. The second-order valence-corrected chi connectivity index (χ2v) is 12.6. The Morgan fingerprint density at radius 2 is 1.16 bits per heavy atom. The quantitative estimate of drug-likeness (QED) is 0.179. The number of aromatic nitrogens is 1. The van der Waals surface area contributed by atoms with Crippen molar-refractivity contribution < 1.29 is 4.74 Å². The van der Waals surface area contributed by atoms with Crippen LogP contribution in [0.15, 0.2) is 174 Å². The zero-order valence-corrected chi connectivity index (χ0v) is 26.5. The molecule has 2 heterocycles. The molecule has 0 N–H and O–H groups in total. The topological polar surface area (TPSA) is 38.9 Å². The Hall–Kier alpha value is -6.52. The predicted molar refractivity (Wildman–Crippen MR) is 200 cm³/mol. The van der Waals surface area contributed by atoms with Crippen LogP contribution in [0.4, 0.5) is 5.69 Å². The molecule has 4 nitrogen and oxygen atoms in total. The molecule has 7 aromatic carbocycles. The van der Waals surface area contributed by atoms with E-state index in [1.807, 2.05) is 24.3 Å². The summed E-state index contributed by atoms with van der Waals surface area (Å²) in [6, 6.07) is 57.6. The minimum Gasteiger partial charge on any atom is -0.457 e. The van der Waals surface area contributed by atoms with Gasteiger partial charge < -0.3 is 4.74 Å². The molecule has 10 rings (SSSR count). The first-order valence-electron chi connectivity index (χ1n) is 16.5. The lowest BCUT2D eigenvalue weighted by molar-refractivity contribution is 0.436. The summed E-state index contributed by atoms with van der Waals surface area (Å²) in [6.07, 6.45) is 0. The minimum absolute atomic E-state index is 0.571. The van der Waals surface area contributed by atoms with Gasteiger partial charge in [0.1, 0.15) is 17.2 Å². The molecular formula is C45H29N3O. The van der Waals surface area contributed by atoms with Crippen LogP contribution in [0.2, 0.25) is 0 Å². The Bertz CT molecular complexity index is 2620. The monoisotopic (exact) mass is 627 g/mol. The van der Waals surface area contributed by atoms with E-state index in [4.69, 9.17) is 9.84 Å². The Labute approximate surface area is 283 Å². The van der Waals surface area contributed by atoms with Gasteiger partial charge in [-0.3, -0.25) is 4.99 Å². The Balaban J connectivity index is 1.35. The van der Waals surface area contributed by atoms with Crippen molar-refractivity contribution in [1.29, 1.82) is 0 Å². The summed E-state index contributed by atoms with van der Waals surface area (Å²) >= 11 is 0. The van der Waals surface area contributed by atoms with Crippen LogP contribution in [0.3, 0.4) is 0 Å². The van der Waals surface area contributed by atoms with Crippen LogP contribution < -0.4 is 4.74 Å². The van der Waals surface area contributed by atoms with Gasteiger partial charge in [-0.2, -0.15) is 5.10 Å². The van der Waals surface area contributed by atoms with E-state index in [0.717, 1.165) is 67.0 Å². The van der Waals surface area contributed by atoms with Crippen LogP contribution in [0.5, 0.6) is 11.5 Å². The lowest BCUT2D eigenvalue weighted by atomic mass is 9.66. The fourth-order valence-electron chi connectivity index (χ4n) is 8.18. The fourth-order valence-corrected chi connectivity index (χ4v) is 8.18. The highest BCUT2D eigenvalue weighted by molar-refractivity contribution is 6.17. The highest BCUT2D eigenvalue weighted by Crippen LogP contribution is 2.62. The molecule has 0 atom stereocenters. The number of para-hydroxylation sites is 4. The molecule has 8 aromatic rings. The van der Waals surface area contributed by atoms with Gasteiger partial charge in [0.05, 0.1) is 22.1 Å². The average Bonchev–Trinajstić information content (AvgIpc) is 3.63. The summed E-state index contributed by atoms with van der Waals surface area (Å²) < 4.78 is 8.71. The SMILES string of the molecule is C=Nc1ccccc1/C(=N\n1c2ccccc2c2cc3c(cc21)C1(c2ccccc2Oc2ccccc21)c1ccccc1-3)c1ccccc1. The first-order valence-corrected chi connectivity index (χ1v) is 16.5. The summed E-state index contributed by atoms with van der Waals surface area (Å²) in [5.41, 5.74) is 12.3. The molecule has 0 unspecified atom stereocenters. The van der Waals surface area contributed by atoms with Crippen LogP contribution in [-0.4, -0.2) is 17.1 Å². The maximum Gasteiger partial charge on any atom is 0.132 e. The summed E-state index contributed by atoms with van der Waals surface area (Å²) in [7, 11) is 0. The lowest BCUT2D eigenvalue weighted by Crippen LogP contribution is -2.32. The van der Waals surface area contributed by atoms with Crippen LogP contribution in [-0.2, 0) is 5.41 Å². The second-order valence-electron chi connectivity index (χ2n) is 12.6. The van der Waals surface area contributed by atoms with E-state index in [0.29, 0.717) is 0 Å². The van der Waals surface area contributed by atoms with Crippen molar-refractivity contribution in [2.75, 3.05) is 0 Å². The summed E-state index contributed by atoms with van der Waals surface area (Å²) in [6.45, 7) is 3.89. The number of hydrogen-bond donors (Lipinski definition) is 0. The van der Waals surface area contributed by atoms with Crippen molar-refractivity contribution in [2.24, 2.45) is 10.1 Å². The normalized spacial score (nSPS) is 13.8. The molecule has 0 saturated carbocycles. The van der Waals surface area contributed by atoms with E-state index >= 15 is 0 Å². The van der Waals surface area contributed by atoms with Gasteiger partial charge in [0.25, 0.3) is 0 Å². The highest BCUT2D eigenvalue weighted by atomic mass is 16.5. The van der Waals surface area contributed by atoms with E-state index in [9.17, 15) is 0 Å². The molecule has 1 aromatic heterocycles. The van der Waals surface area contributed by atoms with Gasteiger partial charge in [0, 0.05) is 33.0 Å². The molecule has 0 amide bonds. The van der Waals surface area contributed by atoms with Gasteiger partial charge in [0.2, 0.25) is 0 Å². The van der Waals surface area contributed by atoms with Crippen molar-refractivity contribution in [3.63, 3.8) is 0 Å². The summed E-state index contributed by atoms with van der Waals surface area (Å²) in [5.74, 6) is 1.75. The van der Waals surface area contributed by atoms with Gasteiger partial charge in [-0.15, -0.1) is 0 Å². The third-order valence-electron chi connectivity index (χ3n) is 10.2. The Morgan fingerprint density at radius 1 is 0.531 bits per heavy atom. The predicted octanol–water partition coefficient (Wildman–Crippen LogP) is 10.9. The molecule has 1 aliphatic heterocycles. The van der Waals surface area contributed by atoms with Crippen molar-refractivity contribution >= 4 is 39.9 Å².